The molecule has 2 aromatic rings. The topological polar surface area (TPSA) is 85.9 Å². The number of carbonyl (C=O) groups is 2. The third-order valence-corrected chi connectivity index (χ3v) is 3.25. The average molecular weight is 330 g/mol. The average Bonchev–Trinajstić information content (AvgIpc) is 2.65. The van der Waals surface area contributed by atoms with E-state index in [4.69, 9.17) is 14.2 Å². The summed E-state index contributed by atoms with van der Waals surface area (Å²) >= 11 is 0. The van der Waals surface area contributed by atoms with Crippen molar-refractivity contribution in [2.45, 2.75) is 0 Å². The Morgan fingerprint density at radius 1 is 0.792 bits per heavy atom. The molecule has 0 spiro atoms. The lowest BCUT2D eigenvalue weighted by atomic mass is 10.2. The van der Waals surface area contributed by atoms with Crippen molar-refractivity contribution >= 4 is 11.8 Å². The number of hydrogen-bond acceptors (Lipinski definition) is 5. The number of nitrogens with one attached hydrogen (secondary N) is 2. The molecule has 24 heavy (non-hydrogen) atoms. The first-order valence-electron chi connectivity index (χ1n) is 7.05. The maximum Gasteiger partial charge on any atom is 0.273 e. The van der Waals surface area contributed by atoms with E-state index in [0.717, 1.165) is 0 Å². The van der Waals surface area contributed by atoms with E-state index < -0.39 is 11.8 Å². The Labute approximate surface area is 139 Å². The molecule has 2 aromatic carbocycles. The van der Waals surface area contributed by atoms with Crippen molar-refractivity contribution in [2.24, 2.45) is 0 Å². The molecule has 2 rings (SSSR count). The third-order valence-electron chi connectivity index (χ3n) is 3.25. The quantitative estimate of drug-likeness (QED) is 0.816. The fourth-order valence-corrected chi connectivity index (χ4v) is 2.02. The molecule has 7 nitrogen and oxygen atoms in total. The zero-order valence-electron chi connectivity index (χ0n) is 13.6. The minimum Gasteiger partial charge on any atom is -0.497 e. The van der Waals surface area contributed by atoms with Gasteiger partial charge in [-0.2, -0.15) is 0 Å². The van der Waals surface area contributed by atoms with Crippen LogP contribution < -0.4 is 25.1 Å². The number of hydrazine groups is 1. The van der Waals surface area contributed by atoms with Crippen LogP contribution in [0.25, 0.3) is 0 Å². The predicted octanol–water partition coefficient (Wildman–Crippen LogP) is 1.79. The molecule has 0 bridgehead atoms. The molecule has 0 saturated carbocycles. The summed E-state index contributed by atoms with van der Waals surface area (Å²) in [6.07, 6.45) is 0. The normalized spacial score (nSPS) is 9.79. The molecule has 2 N–H and O–H groups in total. The number of benzene rings is 2. The second kappa shape index (κ2) is 7.87. The van der Waals surface area contributed by atoms with Gasteiger partial charge in [0.2, 0.25) is 0 Å². The van der Waals surface area contributed by atoms with Gasteiger partial charge in [0.25, 0.3) is 11.8 Å². The Bertz CT molecular complexity index is 723. The smallest absolute Gasteiger partial charge is 0.273 e. The molecule has 7 heteroatoms. The van der Waals surface area contributed by atoms with Gasteiger partial charge in [-0.1, -0.05) is 12.1 Å². The molecule has 0 aromatic heterocycles. The van der Waals surface area contributed by atoms with Crippen molar-refractivity contribution in [2.75, 3.05) is 21.3 Å². The number of ether oxygens (including phenoxy) is 3. The Morgan fingerprint density at radius 2 is 1.38 bits per heavy atom. The van der Waals surface area contributed by atoms with Crippen molar-refractivity contribution < 1.29 is 23.8 Å². The second-order valence-electron chi connectivity index (χ2n) is 4.71. The lowest BCUT2D eigenvalue weighted by Crippen LogP contribution is -2.41. The van der Waals surface area contributed by atoms with Gasteiger partial charge in [-0.15, -0.1) is 0 Å². The molecule has 126 valence electrons. The maximum atomic E-state index is 12.2. The summed E-state index contributed by atoms with van der Waals surface area (Å²) in [5.74, 6) is 0.351. The molecule has 0 unspecified atom stereocenters. The molecule has 0 aliphatic rings. The summed E-state index contributed by atoms with van der Waals surface area (Å²) in [5.41, 5.74) is 5.29. The Morgan fingerprint density at radius 3 is 1.96 bits per heavy atom. The highest BCUT2D eigenvalue weighted by molar-refractivity contribution is 6.00. The summed E-state index contributed by atoms with van der Waals surface area (Å²) in [6.45, 7) is 0. The zero-order valence-corrected chi connectivity index (χ0v) is 13.6. The van der Waals surface area contributed by atoms with Crippen molar-refractivity contribution in [1.29, 1.82) is 0 Å². The molecule has 0 fully saturated rings. The first-order chi connectivity index (χ1) is 11.6. The fraction of sp³-hybridized carbons (Fsp3) is 0.176. The summed E-state index contributed by atoms with van der Waals surface area (Å²) in [4.78, 5) is 24.4. The lowest BCUT2D eigenvalue weighted by molar-refractivity contribution is 0.0844. The van der Waals surface area contributed by atoms with E-state index >= 15 is 0 Å². The van der Waals surface area contributed by atoms with Crippen LogP contribution in [0.3, 0.4) is 0 Å². The lowest BCUT2D eigenvalue weighted by Gasteiger charge is -2.11. The molecule has 0 saturated heterocycles. The highest BCUT2D eigenvalue weighted by Gasteiger charge is 2.14. The molecule has 0 aliphatic carbocycles. The van der Waals surface area contributed by atoms with E-state index in [2.05, 4.69) is 10.9 Å². The number of hydrogen-bond donors (Lipinski definition) is 2. The van der Waals surface area contributed by atoms with Crippen molar-refractivity contribution in [3.63, 3.8) is 0 Å². The van der Waals surface area contributed by atoms with Gasteiger partial charge in [0, 0.05) is 11.6 Å². The van der Waals surface area contributed by atoms with Crippen molar-refractivity contribution in [1.82, 2.24) is 10.9 Å². The van der Waals surface area contributed by atoms with Crippen LogP contribution in [0.2, 0.25) is 0 Å². The van der Waals surface area contributed by atoms with E-state index in [0.29, 0.717) is 22.8 Å². The van der Waals surface area contributed by atoms with E-state index in [-0.39, 0.29) is 5.56 Å². The minimum absolute atomic E-state index is 0.284. The molecular formula is C17H18N2O5. The van der Waals surface area contributed by atoms with Gasteiger partial charge in [0.15, 0.2) is 0 Å². The van der Waals surface area contributed by atoms with Crippen molar-refractivity contribution in [3.8, 4) is 17.2 Å². The minimum atomic E-state index is -0.504. The Kier molecular flexibility index (Phi) is 5.62. The predicted molar refractivity (Wildman–Crippen MR) is 87.5 cm³/mol. The van der Waals surface area contributed by atoms with Crippen LogP contribution in [0, 0.1) is 0 Å². The standard InChI is InChI=1S/C17H18N2O5/c1-22-12-8-11(9-13(10-12)23-2)16(20)18-19-17(21)14-6-4-5-7-15(14)24-3/h4-10H,1-3H3,(H,18,20)(H,19,21). The Balaban J connectivity index is 2.09. The zero-order chi connectivity index (χ0) is 17.5. The first-order valence-corrected chi connectivity index (χ1v) is 7.05. The molecular weight excluding hydrogens is 312 g/mol. The van der Waals surface area contributed by atoms with Crippen LogP contribution in [0.1, 0.15) is 20.7 Å². The van der Waals surface area contributed by atoms with E-state index in [9.17, 15) is 9.59 Å². The van der Waals surface area contributed by atoms with Crippen LogP contribution in [-0.2, 0) is 0 Å². The van der Waals surface area contributed by atoms with Crippen LogP contribution in [0.15, 0.2) is 42.5 Å². The highest BCUT2D eigenvalue weighted by atomic mass is 16.5. The first kappa shape index (κ1) is 17.1. The third kappa shape index (κ3) is 3.95. The largest absolute Gasteiger partial charge is 0.497 e. The number of para-hydroxylation sites is 1. The Hall–Kier alpha value is -3.22. The van der Waals surface area contributed by atoms with Crippen LogP contribution >= 0.6 is 0 Å². The van der Waals surface area contributed by atoms with Gasteiger partial charge in [-0.25, -0.2) is 0 Å². The molecule has 2 amide bonds. The van der Waals surface area contributed by atoms with Gasteiger partial charge in [0.1, 0.15) is 17.2 Å². The van der Waals surface area contributed by atoms with Crippen LogP contribution in [0.5, 0.6) is 17.2 Å². The van der Waals surface area contributed by atoms with E-state index in [1.54, 1.807) is 30.3 Å². The van der Waals surface area contributed by atoms with E-state index in [1.807, 2.05) is 0 Å². The summed E-state index contributed by atoms with van der Waals surface area (Å²) in [6, 6.07) is 11.4. The number of carbonyl (C=O) groups excluding carboxylic acids is 2. The number of rotatable bonds is 5. The molecule has 0 aliphatic heterocycles. The summed E-state index contributed by atoms with van der Waals surface area (Å²) in [5, 5.41) is 0. The van der Waals surface area contributed by atoms with Crippen LogP contribution in [-0.4, -0.2) is 33.1 Å². The van der Waals surface area contributed by atoms with Gasteiger partial charge in [0.05, 0.1) is 26.9 Å². The van der Waals surface area contributed by atoms with Gasteiger partial charge < -0.3 is 14.2 Å². The van der Waals surface area contributed by atoms with Gasteiger partial charge in [-0.3, -0.25) is 20.4 Å². The SMILES string of the molecule is COc1cc(OC)cc(C(=O)NNC(=O)c2ccccc2OC)c1. The van der Waals surface area contributed by atoms with Crippen LogP contribution in [0.4, 0.5) is 0 Å². The van der Waals surface area contributed by atoms with E-state index in [1.165, 1.54) is 33.5 Å². The molecule has 0 radical (unpaired) electrons. The van der Waals surface area contributed by atoms with Crippen molar-refractivity contribution in [3.05, 3.63) is 53.6 Å². The summed E-state index contributed by atoms with van der Waals surface area (Å²) in [7, 11) is 4.44. The number of amides is 2. The summed E-state index contributed by atoms with van der Waals surface area (Å²) < 4.78 is 15.3. The number of methoxy groups -OCH3 is 3. The molecule has 0 heterocycles. The monoisotopic (exact) mass is 330 g/mol. The maximum absolute atomic E-state index is 12.2. The molecule has 0 atom stereocenters. The fourth-order valence-electron chi connectivity index (χ4n) is 2.02. The second-order valence-corrected chi connectivity index (χ2v) is 4.71. The van der Waals surface area contributed by atoms with Gasteiger partial charge >= 0.3 is 0 Å². The van der Waals surface area contributed by atoms with Gasteiger partial charge in [-0.05, 0) is 24.3 Å². The highest BCUT2D eigenvalue weighted by Crippen LogP contribution is 2.22.